The molecule has 0 aliphatic carbocycles. The smallest absolute Gasteiger partial charge is 0.165 e. The van der Waals surface area contributed by atoms with Gasteiger partial charge in [0.15, 0.2) is 5.78 Å². The van der Waals surface area contributed by atoms with Crippen molar-refractivity contribution in [1.82, 2.24) is 4.90 Å². The van der Waals surface area contributed by atoms with Gasteiger partial charge in [-0.3, -0.25) is 9.69 Å². The monoisotopic (exact) mass is 257 g/mol. The summed E-state index contributed by atoms with van der Waals surface area (Å²) in [6.45, 7) is 10.4. The van der Waals surface area contributed by atoms with Crippen LogP contribution in [0.5, 0.6) is 0 Å². The van der Waals surface area contributed by atoms with Gasteiger partial charge in [-0.1, -0.05) is 6.92 Å². The van der Waals surface area contributed by atoms with Gasteiger partial charge in [-0.15, -0.1) is 0 Å². The van der Waals surface area contributed by atoms with Gasteiger partial charge in [0.25, 0.3) is 0 Å². The van der Waals surface area contributed by atoms with Crippen LogP contribution in [-0.2, 0) is 14.3 Å². The first kappa shape index (κ1) is 15.6. The molecule has 1 aliphatic rings. The Labute approximate surface area is 111 Å². The molecule has 0 radical (unpaired) electrons. The first-order chi connectivity index (χ1) is 8.40. The van der Waals surface area contributed by atoms with Crippen LogP contribution < -0.4 is 0 Å². The van der Waals surface area contributed by atoms with E-state index in [-0.39, 0.29) is 11.9 Å². The molecule has 1 rings (SSSR count). The van der Waals surface area contributed by atoms with Crippen molar-refractivity contribution in [2.24, 2.45) is 0 Å². The molecule has 0 spiro atoms. The highest BCUT2D eigenvalue weighted by Gasteiger charge is 2.29. The van der Waals surface area contributed by atoms with Crippen LogP contribution in [0.1, 0.15) is 40.5 Å². The van der Waals surface area contributed by atoms with Crippen LogP contribution in [0, 0.1) is 0 Å². The van der Waals surface area contributed by atoms with Crippen LogP contribution in [-0.4, -0.2) is 55.2 Å². The number of nitrogens with zero attached hydrogens (tertiary/aromatic N) is 1. The first-order valence-electron chi connectivity index (χ1n) is 6.84. The average molecular weight is 257 g/mol. The maximum atomic E-state index is 12.0. The maximum Gasteiger partial charge on any atom is 0.165 e. The Kier molecular flexibility index (Phi) is 5.76. The van der Waals surface area contributed by atoms with Gasteiger partial charge in [0.1, 0.15) is 5.60 Å². The lowest BCUT2D eigenvalue weighted by Gasteiger charge is -2.38. The average Bonchev–Trinajstić information content (AvgIpc) is 2.36. The summed E-state index contributed by atoms with van der Waals surface area (Å²) in [5.41, 5.74) is -0.667. The van der Waals surface area contributed by atoms with E-state index in [2.05, 4.69) is 18.7 Å². The molecule has 4 nitrogen and oxygen atoms in total. The third-order valence-electron chi connectivity index (χ3n) is 3.86. The second-order valence-electron chi connectivity index (χ2n) is 5.59. The standard InChI is InChI=1S/C14H27NO3/c1-6-12-10-18-11(2)9-15(12)8-7-13(16)14(3,4)17-5/h11-12H,6-10H2,1-5H3. The summed E-state index contributed by atoms with van der Waals surface area (Å²) in [6.07, 6.45) is 1.87. The summed E-state index contributed by atoms with van der Waals surface area (Å²) < 4.78 is 10.9. The Bertz CT molecular complexity index is 278. The zero-order valence-corrected chi connectivity index (χ0v) is 12.4. The molecule has 0 bridgehead atoms. The number of Topliss-reactive ketones (excluding diaryl/α,β-unsaturated/α-hetero) is 1. The lowest BCUT2D eigenvalue weighted by molar-refractivity contribution is -0.138. The van der Waals surface area contributed by atoms with E-state index in [1.807, 2.05) is 13.8 Å². The zero-order chi connectivity index (χ0) is 13.8. The molecule has 106 valence electrons. The van der Waals surface area contributed by atoms with Gasteiger partial charge in [-0.2, -0.15) is 0 Å². The number of rotatable bonds is 6. The van der Waals surface area contributed by atoms with Crippen LogP contribution in [0.25, 0.3) is 0 Å². The number of methoxy groups -OCH3 is 1. The van der Waals surface area contributed by atoms with E-state index in [1.165, 1.54) is 0 Å². The van der Waals surface area contributed by atoms with Gasteiger partial charge < -0.3 is 9.47 Å². The summed E-state index contributed by atoms with van der Waals surface area (Å²) >= 11 is 0. The van der Waals surface area contributed by atoms with Crippen molar-refractivity contribution < 1.29 is 14.3 Å². The molecule has 1 aliphatic heterocycles. The molecule has 0 aromatic heterocycles. The Morgan fingerprint density at radius 3 is 2.72 bits per heavy atom. The molecule has 2 unspecified atom stereocenters. The topological polar surface area (TPSA) is 38.8 Å². The Morgan fingerprint density at radius 2 is 2.17 bits per heavy atom. The summed E-state index contributed by atoms with van der Waals surface area (Å²) in [5.74, 6) is 0.166. The summed E-state index contributed by atoms with van der Waals surface area (Å²) in [6, 6.07) is 0.444. The lowest BCUT2D eigenvalue weighted by atomic mass is 10.00. The van der Waals surface area contributed by atoms with Gasteiger partial charge in [-0.25, -0.2) is 0 Å². The van der Waals surface area contributed by atoms with Crippen LogP contribution in [0.3, 0.4) is 0 Å². The van der Waals surface area contributed by atoms with E-state index in [4.69, 9.17) is 9.47 Å². The fourth-order valence-corrected chi connectivity index (χ4v) is 2.22. The van der Waals surface area contributed by atoms with E-state index in [0.717, 1.165) is 26.1 Å². The number of morpholine rings is 1. The minimum Gasteiger partial charge on any atom is -0.376 e. The molecule has 0 amide bonds. The summed E-state index contributed by atoms with van der Waals surface area (Å²) in [5, 5.41) is 0. The van der Waals surface area contributed by atoms with Gasteiger partial charge in [0, 0.05) is 32.7 Å². The molecule has 4 heteroatoms. The molecule has 1 saturated heterocycles. The molecule has 0 aromatic carbocycles. The SMILES string of the molecule is CCC1COC(C)CN1CCC(=O)C(C)(C)OC. The molecule has 2 atom stereocenters. The fourth-order valence-electron chi connectivity index (χ4n) is 2.22. The van der Waals surface area contributed by atoms with Crippen molar-refractivity contribution in [3.63, 3.8) is 0 Å². The van der Waals surface area contributed by atoms with Crippen molar-refractivity contribution in [3.8, 4) is 0 Å². The number of hydrogen-bond acceptors (Lipinski definition) is 4. The van der Waals surface area contributed by atoms with Crippen molar-refractivity contribution in [3.05, 3.63) is 0 Å². The number of carbonyl (C=O) groups is 1. The van der Waals surface area contributed by atoms with Gasteiger partial charge in [0.2, 0.25) is 0 Å². The number of hydrogen-bond donors (Lipinski definition) is 0. The van der Waals surface area contributed by atoms with E-state index in [9.17, 15) is 4.79 Å². The van der Waals surface area contributed by atoms with Crippen LogP contribution in [0.2, 0.25) is 0 Å². The molecule has 1 fully saturated rings. The largest absolute Gasteiger partial charge is 0.376 e. The second-order valence-corrected chi connectivity index (χ2v) is 5.59. The Hall–Kier alpha value is -0.450. The normalized spacial score (nSPS) is 26.3. The van der Waals surface area contributed by atoms with Crippen molar-refractivity contribution in [2.75, 3.05) is 26.8 Å². The third-order valence-corrected chi connectivity index (χ3v) is 3.86. The molecular weight excluding hydrogens is 230 g/mol. The predicted molar refractivity (Wildman–Crippen MR) is 71.8 cm³/mol. The number of carbonyl (C=O) groups excluding carboxylic acids is 1. The zero-order valence-electron chi connectivity index (χ0n) is 12.4. The van der Waals surface area contributed by atoms with Crippen LogP contribution >= 0.6 is 0 Å². The quantitative estimate of drug-likeness (QED) is 0.728. The molecule has 0 saturated carbocycles. The van der Waals surface area contributed by atoms with Crippen molar-refractivity contribution >= 4 is 5.78 Å². The summed E-state index contributed by atoms with van der Waals surface area (Å²) in [7, 11) is 1.59. The van der Waals surface area contributed by atoms with Gasteiger partial charge >= 0.3 is 0 Å². The van der Waals surface area contributed by atoms with Crippen LogP contribution in [0.15, 0.2) is 0 Å². The van der Waals surface area contributed by atoms with E-state index < -0.39 is 5.60 Å². The van der Waals surface area contributed by atoms with Crippen molar-refractivity contribution in [2.45, 2.75) is 58.3 Å². The lowest BCUT2D eigenvalue weighted by Crippen LogP contribution is -2.49. The summed E-state index contributed by atoms with van der Waals surface area (Å²) in [4.78, 5) is 14.4. The minimum absolute atomic E-state index is 0.166. The van der Waals surface area contributed by atoms with Gasteiger partial charge in [0.05, 0.1) is 12.7 Å². The first-order valence-corrected chi connectivity index (χ1v) is 6.84. The highest BCUT2D eigenvalue weighted by Crippen LogP contribution is 2.17. The fraction of sp³-hybridized carbons (Fsp3) is 0.929. The van der Waals surface area contributed by atoms with Crippen molar-refractivity contribution in [1.29, 1.82) is 0 Å². The molecule has 0 N–H and O–H groups in total. The van der Waals surface area contributed by atoms with Crippen LogP contribution in [0.4, 0.5) is 0 Å². The van der Waals surface area contributed by atoms with Gasteiger partial charge in [-0.05, 0) is 27.2 Å². The molecular formula is C14H27NO3. The molecule has 1 heterocycles. The maximum absolute atomic E-state index is 12.0. The Morgan fingerprint density at radius 1 is 1.50 bits per heavy atom. The number of ketones is 1. The van der Waals surface area contributed by atoms with E-state index in [0.29, 0.717) is 12.5 Å². The molecule has 0 aromatic rings. The van der Waals surface area contributed by atoms with E-state index >= 15 is 0 Å². The second kappa shape index (κ2) is 6.64. The number of ether oxygens (including phenoxy) is 2. The third kappa shape index (κ3) is 4.04. The van der Waals surface area contributed by atoms with E-state index in [1.54, 1.807) is 7.11 Å². The Balaban J connectivity index is 2.48. The molecule has 18 heavy (non-hydrogen) atoms. The highest BCUT2D eigenvalue weighted by molar-refractivity contribution is 5.86. The minimum atomic E-state index is -0.667. The highest BCUT2D eigenvalue weighted by atomic mass is 16.5. The predicted octanol–water partition coefficient (Wildman–Crippen LogP) is 1.87.